The van der Waals surface area contributed by atoms with Crippen molar-refractivity contribution in [2.24, 2.45) is 5.73 Å². The van der Waals surface area contributed by atoms with Gasteiger partial charge in [0.2, 0.25) is 5.71 Å². The summed E-state index contributed by atoms with van der Waals surface area (Å²) in [6.45, 7) is 2.10. The Balaban J connectivity index is 2.15. The highest BCUT2D eigenvalue weighted by Crippen LogP contribution is 2.39. The molecule has 0 radical (unpaired) electrons. The Morgan fingerprint density at radius 2 is 2.29 bits per heavy atom. The molecule has 2 heterocycles. The average Bonchev–Trinajstić information content (AvgIpc) is 2.84. The molecule has 6 nitrogen and oxygen atoms in total. The number of furan rings is 1. The van der Waals surface area contributed by atoms with E-state index >= 15 is 0 Å². The molecule has 3 rings (SSSR count). The third-order valence-electron chi connectivity index (χ3n) is 3.06. The zero-order chi connectivity index (χ0) is 12.0. The number of nitrogens with one attached hydrogen (secondary N) is 1. The van der Waals surface area contributed by atoms with Gasteiger partial charge in [-0.15, -0.1) is 0 Å². The van der Waals surface area contributed by atoms with Crippen molar-refractivity contribution in [1.82, 2.24) is 9.97 Å². The van der Waals surface area contributed by atoms with Crippen LogP contribution < -0.4 is 11.1 Å². The largest absolute Gasteiger partial charge is 0.445 e. The van der Waals surface area contributed by atoms with E-state index in [1.165, 1.54) is 12.6 Å². The fourth-order valence-electron chi connectivity index (χ4n) is 1.75. The Kier molecular flexibility index (Phi) is 1.89. The fourth-order valence-corrected chi connectivity index (χ4v) is 1.75. The quantitative estimate of drug-likeness (QED) is 0.831. The van der Waals surface area contributed by atoms with Gasteiger partial charge in [0.1, 0.15) is 18.4 Å². The topological polar surface area (TPSA) is 94.0 Å². The number of anilines is 1. The lowest BCUT2D eigenvalue weighted by Gasteiger charge is -2.12. The van der Waals surface area contributed by atoms with E-state index in [4.69, 9.17) is 10.2 Å². The highest BCUT2D eigenvalue weighted by atomic mass is 16.3. The van der Waals surface area contributed by atoms with Crippen molar-refractivity contribution in [1.29, 1.82) is 0 Å². The number of hydrogen-bond donors (Lipinski definition) is 2. The predicted molar refractivity (Wildman–Crippen MR) is 61.6 cm³/mol. The van der Waals surface area contributed by atoms with E-state index in [0.29, 0.717) is 22.5 Å². The molecule has 0 unspecified atom stereocenters. The van der Waals surface area contributed by atoms with Crippen molar-refractivity contribution in [3.8, 4) is 0 Å². The van der Waals surface area contributed by atoms with Crippen molar-refractivity contribution >= 4 is 22.8 Å². The van der Waals surface area contributed by atoms with Gasteiger partial charge in [-0.1, -0.05) is 0 Å². The van der Waals surface area contributed by atoms with Gasteiger partial charge in [-0.3, -0.25) is 4.79 Å². The maximum Gasteiger partial charge on any atom is 0.252 e. The minimum absolute atomic E-state index is 0.0630. The smallest absolute Gasteiger partial charge is 0.252 e. The monoisotopic (exact) mass is 232 g/mol. The summed E-state index contributed by atoms with van der Waals surface area (Å²) in [5.41, 5.74) is 6.04. The van der Waals surface area contributed by atoms with Crippen molar-refractivity contribution < 1.29 is 9.21 Å². The Hall–Kier alpha value is -2.11. The Morgan fingerprint density at radius 3 is 2.94 bits per heavy atom. The van der Waals surface area contributed by atoms with Gasteiger partial charge in [0.05, 0.1) is 10.9 Å². The van der Waals surface area contributed by atoms with Gasteiger partial charge in [-0.05, 0) is 19.8 Å². The van der Waals surface area contributed by atoms with Crippen molar-refractivity contribution in [3.63, 3.8) is 0 Å². The molecule has 0 spiro atoms. The van der Waals surface area contributed by atoms with Gasteiger partial charge in [-0.25, -0.2) is 9.97 Å². The van der Waals surface area contributed by atoms with E-state index in [0.717, 1.165) is 12.8 Å². The van der Waals surface area contributed by atoms with E-state index < -0.39 is 5.91 Å². The number of rotatable bonds is 3. The summed E-state index contributed by atoms with van der Waals surface area (Å²) >= 11 is 0. The number of fused-ring (bicyclic) bond motifs is 1. The Bertz CT molecular complexity index is 601. The molecule has 88 valence electrons. The number of aromatic nitrogens is 2. The summed E-state index contributed by atoms with van der Waals surface area (Å²) in [6, 6.07) is 0. The van der Waals surface area contributed by atoms with E-state index in [-0.39, 0.29) is 5.54 Å². The van der Waals surface area contributed by atoms with Crippen LogP contribution in [0.5, 0.6) is 0 Å². The van der Waals surface area contributed by atoms with Gasteiger partial charge >= 0.3 is 0 Å². The second-order valence-electron chi connectivity index (χ2n) is 4.60. The number of carbonyl (C=O) groups excluding carboxylic acids is 1. The van der Waals surface area contributed by atoms with E-state index in [2.05, 4.69) is 22.2 Å². The van der Waals surface area contributed by atoms with Gasteiger partial charge in [0, 0.05) is 5.54 Å². The molecule has 0 atom stereocenters. The Morgan fingerprint density at radius 1 is 1.53 bits per heavy atom. The molecule has 1 aliphatic rings. The van der Waals surface area contributed by atoms with Crippen LogP contribution in [0.25, 0.3) is 11.1 Å². The third-order valence-corrected chi connectivity index (χ3v) is 3.06. The predicted octanol–water partition coefficient (Wildman–Crippen LogP) is 1.29. The first-order valence-corrected chi connectivity index (χ1v) is 5.39. The van der Waals surface area contributed by atoms with E-state index in [1.54, 1.807) is 0 Å². The van der Waals surface area contributed by atoms with Crippen LogP contribution in [0.4, 0.5) is 5.82 Å². The molecule has 1 fully saturated rings. The van der Waals surface area contributed by atoms with Crippen LogP contribution in [0.1, 0.15) is 30.1 Å². The SMILES string of the molecule is CC1(Nc2ncnc3occ(C(N)=O)c23)CC1. The van der Waals surface area contributed by atoms with Crippen molar-refractivity contribution in [3.05, 3.63) is 18.2 Å². The molecule has 17 heavy (non-hydrogen) atoms. The normalized spacial score (nSPS) is 17.0. The van der Waals surface area contributed by atoms with Gasteiger partial charge in [0.25, 0.3) is 5.91 Å². The van der Waals surface area contributed by atoms with Crippen LogP contribution >= 0.6 is 0 Å². The molecule has 3 N–H and O–H groups in total. The van der Waals surface area contributed by atoms with Crippen LogP contribution in [0.3, 0.4) is 0 Å². The summed E-state index contributed by atoms with van der Waals surface area (Å²) in [7, 11) is 0. The molecule has 0 aliphatic heterocycles. The van der Waals surface area contributed by atoms with Gasteiger partial charge < -0.3 is 15.5 Å². The van der Waals surface area contributed by atoms with Crippen LogP contribution in [0, 0.1) is 0 Å². The lowest BCUT2D eigenvalue weighted by Crippen LogP contribution is -2.18. The number of nitrogens with two attached hydrogens (primary N) is 1. The number of primary amides is 1. The number of hydrogen-bond acceptors (Lipinski definition) is 5. The highest BCUT2D eigenvalue weighted by Gasteiger charge is 2.38. The standard InChI is InChI=1S/C11H12N4O2/c1-11(2-3-11)15-9-7-6(8(12)16)4-17-10(7)14-5-13-9/h4-5H,2-3H2,1H3,(H2,12,16)(H,13,14,15). The van der Waals surface area contributed by atoms with Crippen LogP contribution in [-0.2, 0) is 0 Å². The zero-order valence-corrected chi connectivity index (χ0v) is 9.36. The summed E-state index contributed by atoms with van der Waals surface area (Å²) < 4.78 is 5.19. The second-order valence-corrected chi connectivity index (χ2v) is 4.60. The minimum Gasteiger partial charge on any atom is -0.445 e. The zero-order valence-electron chi connectivity index (χ0n) is 9.36. The second kappa shape index (κ2) is 3.19. The lowest BCUT2D eigenvalue weighted by atomic mass is 10.2. The van der Waals surface area contributed by atoms with Crippen LogP contribution in [0.2, 0.25) is 0 Å². The molecule has 0 saturated heterocycles. The maximum atomic E-state index is 11.3. The van der Waals surface area contributed by atoms with Gasteiger partial charge in [-0.2, -0.15) is 0 Å². The first kappa shape index (κ1) is 10.1. The van der Waals surface area contributed by atoms with Gasteiger partial charge in [0.15, 0.2) is 0 Å². The highest BCUT2D eigenvalue weighted by molar-refractivity contribution is 6.08. The van der Waals surface area contributed by atoms with Crippen molar-refractivity contribution in [2.75, 3.05) is 5.32 Å². The summed E-state index contributed by atoms with van der Waals surface area (Å²) in [6.07, 6.45) is 4.90. The molecule has 0 aromatic carbocycles. The first-order valence-electron chi connectivity index (χ1n) is 5.39. The number of nitrogens with zero attached hydrogens (tertiary/aromatic N) is 2. The molecule has 6 heteroatoms. The maximum absolute atomic E-state index is 11.3. The Labute approximate surface area is 97.2 Å². The first-order chi connectivity index (χ1) is 8.09. The van der Waals surface area contributed by atoms with Crippen molar-refractivity contribution in [2.45, 2.75) is 25.3 Å². The molecule has 1 amide bonds. The molecule has 2 aromatic rings. The van der Waals surface area contributed by atoms with Crippen LogP contribution in [0.15, 0.2) is 17.0 Å². The molecule has 1 aliphatic carbocycles. The summed E-state index contributed by atoms with van der Waals surface area (Å²) in [5.74, 6) is 0.0695. The molecular weight excluding hydrogens is 220 g/mol. The molecule has 0 bridgehead atoms. The molecule has 1 saturated carbocycles. The number of amides is 1. The summed E-state index contributed by atoms with van der Waals surface area (Å²) in [5, 5.41) is 3.86. The molecule has 2 aromatic heterocycles. The average molecular weight is 232 g/mol. The summed E-state index contributed by atoms with van der Waals surface area (Å²) in [4.78, 5) is 19.4. The van der Waals surface area contributed by atoms with E-state index in [9.17, 15) is 4.79 Å². The molecular formula is C11H12N4O2. The third kappa shape index (κ3) is 1.61. The lowest BCUT2D eigenvalue weighted by molar-refractivity contribution is 0.100. The van der Waals surface area contributed by atoms with E-state index in [1.807, 2.05) is 0 Å². The van der Waals surface area contributed by atoms with Crippen LogP contribution in [-0.4, -0.2) is 21.4 Å². The number of carbonyl (C=O) groups is 1. The minimum atomic E-state index is -0.539. The fraction of sp³-hybridized carbons (Fsp3) is 0.364.